The zero-order valence-corrected chi connectivity index (χ0v) is 22.7. The standard InChI is InChI=1S/C33H24N2O5S/c1-18(23-8-4-6-19-5-2-3-7-24(19)23)34-33(41)35-28-14-9-20(15-27(28)32(38)39)31-25-12-10-21(36)16-29(25)40-30-17-22(37)11-13-26(30)31/h2-18,36H,1H3,(H,38,39)(H2,34,35,41)/t18-/m0/s1. The monoisotopic (exact) mass is 560 g/mol. The van der Waals surface area contributed by atoms with E-state index in [0.717, 1.165) is 16.3 Å². The molecule has 7 nitrogen and oxygen atoms in total. The van der Waals surface area contributed by atoms with Crippen molar-refractivity contribution >= 4 is 50.7 Å². The Morgan fingerprint density at radius 1 is 0.902 bits per heavy atom. The van der Waals surface area contributed by atoms with E-state index in [0.29, 0.717) is 39.1 Å². The van der Waals surface area contributed by atoms with Gasteiger partial charge in [0.15, 0.2) is 10.5 Å². The van der Waals surface area contributed by atoms with Crippen molar-refractivity contribution in [3.8, 4) is 28.2 Å². The minimum Gasteiger partial charge on any atom is -0.508 e. The Kier molecular flexibility index (Phi) is 6.61. The van der Waals surface area contributed by atoms with Crippen molar-refractivity contribution in [1.29, 1.82) is 0 Å². The van der Waals surface area contributed by atoms with Crippen LogP contribution in [0.5, 0.6) is 5.75 Å². The van der Waals surface area contributed by atoms with Gasteiger partial charge in [-0.1, -0.05) is 48.5 Å². The van der Waals surface area contributed by atoms with Gasteiger partial charge < -0.3 is 25.3 Å². The molecule has 4 N–H and O–H groups in total. The maximum atomic E-state index is 12.4. The molecule has 202 valence electrons. The van der Waals surface area contributed by atoms with E-state index in [1.165, 1.54) is 24.3 Å². The van der Waals surface area contributed by atoms with Crippen LogP contribution in [0.1, 0.15) is 28.9 Å². The van der Waals surface area contributed by atoms with E-state index in [9.17, 15) is 19.8 Å². The van der Waals surface area contributed by atoms with Gasteiger partial charge in [0, 0.05) is 28.6 Å². The number of anilines is 1. The number of phenols is 1. The number of aromatic carboxylic acids is 1. The van der Waals surface area contributed by atoms with E-state index in [1.54, 1.807) is 30.3 Å². The molecule has 1 aliphatic heterocycles. The molecule has 1 heterocycles. The molecule has 0 radical (unpaired) electrons. The minimum atomic E-state index is -1.13. The fourth-order valence-electron chi connectivity index (χ4n) is 5.22. The molecule has 6 rings (SSSR count). The first-order valence-electron chi connectivity index (χ1n) is 12.9. The van der Waals surface area contributed by atoms with E-state index in [-0.39, 0.29) is 27.9 Å². The van der Waals surface area contributed by atoms with Crippen molar-refractivity contribution in [3.05, 3.63) is 118 Å². The Bertz CT molecular complexity index is 2010. The third-order valence-electron chi connectivity index (χ3n) is 7.10. The van der Waals surface area contributed by atoms with E-state index >= 15 is 0 Å². The number of nitrogens with one attached hydrogen (secondary N) is 2. The van der Waals surface area contributed by atoms with Gasteiger partial charge in [-0.15, -0.1) is 0 Å². The number of hydrogen-bond donors (Lipinski definition) is 4. The number of phenolic OH excluding ortho intramolecular Hbond substituents is 1. The highest BCUT2D eigenvalue weighted by Crippen LogP contribution is 2.41. The smallest absolute Gasteiger partial charge is 0.337 e. The maximum absolute atomic E-state index is 12.4. The van der Waals surface area contributed by atoms with E-state index < -0.39 is 5.97 Å². The van der Waals surface area contributed by atoms with Gasteiger partial charge in [-0.2, -0.15) is 0 Å². The summed E-state index contributed by atoms with van der Waals surface area (Å²) in [7, 11) is 0. The number of benzene rings is 5. The van der Waals surface area contributed by atoms with Gasteiger partial charge in [0.1, 0.15) is 17.1 Å². The quantitative estimate of drug-likeness (QED) is 0.130. The number of aromatic hydroxyl groups is 1. The lowest BCUT2D eigenvalue weighted by atomic mass is 9.92. The molecular formula is C33H24N2O5S. The molecule has 0 unspecified atom stereocenters. The highest BCUT2D eigenvalue weighted by atomic mass is 32.1. The number of rotatable bonds is 5. The average molecular weight is 561 g/mol. The Morgan fingerprint density at radius 3 is 2.54 bits per heavy atom. The van der Waals surface area contributed by atoms with Gasteiger partial charge in [-0.3, -0.25) is 4.79 Å². The second-order valence-corrected chi connectivity index (χ2v) is 10.2. The van der Waals surface area contributed by atoms with E-state index in [2.05, 4.69) is 28.8 Å². The molecule has 4 aromatic rings. The molecule has 0 bridgehead atoms. The molecule has 0 saturated carbocycles. The van der Waals surface area contributed by atoms with Crippen molar-refractivity contribution in [2.75, 3.05) is 5.32 Å². The highest BCUT2D eigenvalue weighted by molar-refractivity contribution is 7.80. The van der Waals surface area contributed by atoms with Gasteiger partial charge in [-0.05, 0) is 77.4 Å². The normalized spacial score (nSPS) is 11.9. The highest BCUT2D eigenvalue weighted by Gasteiger charge is 2.21. The average Bonchev–Trinajstić information content (AvgIpc) is 2.95. The van der Waals surface area contributed by atoms with Gasteiger partial charge >= 0.3 is 5.97 Å². The predicted octanol–water partition coefficient (Wildman–Crippen LogP) is 7.17. The third-order valence-corrected chi connectivity index (χ3v) is 7.32. The molecule has 1 atom stereocenters. The first-order valence-corrected chi connectivity index (χ1v) is 13.3. The summed E-state index contributed by atoms with van der Waals surface area (Å²) in [5.41, 5.74) is 3.48. The topological polar surface area (TPSA) is 112 Å². The fourth-order valence-corrected chi connectivity index (χ4v) is 5.50. The summed E-state index contributed by atoms with van der Waals surface area (Å²) in [5, 5.41) is 29.7. The van der Waals surface area contributed by atoms with Gasteiger partial charge in [0.25, 0.3) is 0 Å². The molecular weight excluding hydrogens is 536 g/mol. The van der Waals surface area contributed by atoms with Crippen LogP contribution >= 0.6 is 12.2 Å². The van der Waals surface area contributed by atoms with Crippen molar-refractivity contribution in [3.63, 3.8) is 0 Å². The van der Waals surface area contributed by atoms with Crippen LogP contribution in [-0.2, 0) is 0 Å². The van der Waals surface area contributed by atoms with Gasteiger partial charge in [0.2, 0.25) is 0 Å². The maximum Gasteiger partial charge on any atom is 0.337 e. The van der Waals surface area contributed by atoms with Crippen LogP contribution in [0.2, 0.25) is 0 Å². The summed E-state index contributed by atoms with van der Waals surface area (Å²) in [6, 6.07) is 28.2. The Balaban J connectivity index is 1.36. The van der Waals surface area contributed by atoms with Crippen molar-refractivity contribution in [2.45, 2.75) is 13.0 Å². The first kappa shape index (κ1) is 26.0. The van der Waals surface area contributed by atoms with Crippen LogP contribution in [0.15, 0.2) is 106 Å². The summed E-state index contributed by atoms with van der Waals surface area (Å²) in [5.74, 6) is -0.792. The molecule has 0 saturated heterocycles. The first-order chi connectivity index (χ1) is 19.8. The Morgan fingerprint density at radius 2 is 1.71 bits per heavy atom. The zero-order chi connectivity index (χ0) is 28.7. The van der Waals surface area contributed by atoms with Crippen LogP contribution < -0.4 is 16.1 Å². The molecule has 4 aromatic carbocycles. The van der Waals surface area contributed by atoms with Crippen molar-refractivity contribution < 1.29 is 19.4 Å². The van der Waals surface area contributed by atoms with Gasteiger partial charge in [-0.25, -0.2) is 4.79 Å². The number of hydrogen-bond acceptors (Lipinski definition) is 5. The summed E-state index contributed by atoms with van der Waals surface area (Å²) in [6.07, 6.45) is 0. The lowest BCUT2D eigenvalue weighted by molar-refractivity contribution is 0.0698. The van der Waals surface area contributed by atoms with Crippen LogP contribution in [0.25, 0.3) is 44.2 Å². The van der Waals surface area contributed by atoms with Gasteiger partial charge in [0.05, 0.1) is 17.3 Å². The molecule has 0 spiro atoms. The zero-order valence-electron chi connectivity index (χ0n) is 21.8. The molecule has 1 aliphatic carbocycles. The number of fused-ring (bicyclic) bond motifs is 3. The molecule has 8 heteroatoms. The van der Waals surface area contributed by atoms with E-state index in [1.807, 2.05) is 31.2 Å². The van der Waals surface area contributed by atoms with Crippen LogP contribution in [0, 0.1) is 0 Å². The van der Waals surface area contributed by atoms with Crippen LogP contribution in [0.4, 0.5) is 5.69 Å². The number of carbonyl (C=O) groups is 1. The largest absolute Gasteiger partial charge is 0.508 e. The van der Waals surface area contributed by atoms with Crippen LogP contribution in [0.3, 0.4) is 0 Å². The summed E-state index contributed by atoms with van der Waals surface area (Å²) in [6.45, 7) is 2.00. The molecule has 0 fully saturated rings. The number of thiocarbonyl (C=S) groups is 1. The lowest BCUT2D eigenvalue weighted by Gasteiger charge is -2.20. The second kappa shape index (κ2) is 10.4. The van der Waals surface area contributed by atoms with E-state index in [4.69, 9.17) is 16.6 Å². The fraction of sp³-hybridized carbons (Fsp3) is 0.0606. The summed E-state index contributed by atoms with van der Waals surface area (Å²) < 4.78 is 5.91. The molecule has 2 aliphatic rings. The van der Waals surface area contributed by atoms with Crippen molar-refractivity contribution in [1.82, 2.24) is 5.32 Å². The predicted molar refractivity (Wildman–Crippen MR) is 165 cm³/mol. The second-order valence-electron chi connectivity index (χ2n) is 9.77. The molecule has 0 amide bonds. The van der Waals surface area contributed by atoms with Crippen molar-refractivity contribution in [2.24, 2.45) is 0 Å². The Hall–Kier alpha value is -5.21. The third kappa shape index (κ3) is 4.97. The number of carboxylic acids is 1. The minimum absolute atomic E-state index is 0.00865. The summed E-state index contributed by atoms with van der Waals surface area (Å²) >= 11 is 5.58. The Labute approximate surface area is 240 Å². The molecule has 41 heavy (non-hydrogen) atoms. The SMILES string of the molecule is C[C@H](NC(=S)Nc1ccc(-c2c3ccc(=O)cc-3oc3cc(O)ccc23)cc1C(=O)O)c1cccc2ccccc12. The van der Waals surface area contributed by atoms with Crippen LogP contribution in [-0.4, -0.2) is 21.3 Å². The lowest BCUT2D eigenvalue weighted by Crippen LogP contribution is -2.31. The molecule has 0 aromatic heterocycles. The summed E-state index contributed by atoms with van der Waals surface area (Å²) in [4.78, 5) is 24.4. The number of carboxylic acid groups (broad SMARTS) is 1.